The van der Waals surface area contributed by atoms with Gasteiger partial charge in [0, 0.05) is 11.9 Å². The van der Waals surface area contributed by atoms with E-state index in [1.54, 1.807) is 10.9 Å². The van der Waals surface area contributed by atoms with E-state index in [0.717, 1.165) is 5.56 Å². The maximum Gasteiger partial charge on any atom is 0.271 e. The Kier molecular flexibility index (Phi) is 3.25. The van der Waals surface area contributed by atoms with Gasteiger partial charge in [-0.1, -0.05) is 42.5 Å². The number of hydrogen-bond acceptors (Lipinski definition) is 3. The van der Waals surface area contributed by atoms with Gasteiger partial charge < -0.3 is 5.32 Å². The van der Waals surface area contributed by atoms with Gasteiger partial charge in [-0.05, 0) is 16.3 Å². The molecular formula is C15H12N2OS. The highest BCUT2D eigenvalue weighted by molar-refractivity contribution is 7.07. The molecule has 19 heavy (non-hydrogen) atoms. The van der Waals surface area contributed by atoms with Crippen LogP contribution < -0.4 is 5.32 Å². The van der Waals surface area contributed by atoms with Crippen LogP contribution in [0.2, 0.25) is 0 Å². The predicted octanol–water partition coefficient (Wildman–Crippen LogP) is 3.23. The van der Waals surface area contributed by atoms with E-state index in [4.69, 9.17) is 0 Å². The minimum atomic E-state index is -0.130. The van der Waals surface area contributed by atoms with Crippen LogP contribution in [-0.2, 0) is 6.54 Å². The summed E-state index contributed by atoms with van der Waals surface area (Å²) in [6.45, 7) is 0.512. The van der Waals surface area contributed by atoms with E-state index in [9.17, 15) is 4.79 Å². The summed E-state index contributed by atoms with van der Waals surface area (Å²) in [7, 11) is 0. The highest BCUT2D eigenvalue weighted by atomic mass is 32.1. The van der Waals surface area contributed by atoms with Crippen LogP contribution in [0.1, 0.15) is 16.1 Å². The van der Waals surface area contributed by atoms with Crippen molar-refractivity contribution >= 4 is 28.0 Å². The Labute approximate surface area is 114 Å². The predicted molar refractivity (Wildman–Crippen MR) is 77.2 cm³/mol. The topological polar surface area (TPSA) is 42.0 Å². The van der Waals surface area contributed by atoms with E-state index in [-0.39, 0.29) is 5.91 Å². The fraction of sp³-hybridized carbons (Fsp3) is 0.0667. The van der Waals surface area contributed by atoms with Crippen LogP contribution in [0, 0.1) is 0 Å². The summed E-state index contributed by atoms with van der Waals surface area (Å²) in [5.74, 6) is -0.130. The Hall–Kier alpha value is -2.20. The lowest BCUT2D eigenvalue weighted by molar-refractivity contribution is 0.0947. The van der Waals surface area contributed by atoms with Crippen molar-refractivity contribution in [3.05, 3.63) is 64.6 Å². The first-order chi connectivity index (χ1) is 9.34. The Morgan fingerprint density at radius 2 is 2.00 bits per heavy atom. The Morgan fingerprint density at radius 3 is 2.84 bits per heavy atom. The molecule has 0 radical (unpaired) electrons. The third-order valence-corrected chi connectivity index (χ3v) is 3.57. The van der Waals surface area contributed by atoms with Crippen molar-refractivity contribution in [2.24, 2.45) is 0 Å². The summed E-state index contributed by atoms with van der Waals surface area (Å²) in [4.78, 5) is 15.8. The SMILES string of the molecule is O=C(NCc1cccc2ccccc12)c1cscn1. The van der Waals surface area contributed by atoms with Crippen LogP contribution in [0.15, 0.2) is 53.4 Å². The van der Waals surface area contributed by atoms with E-state index in [1.807, 2.05) is 24.3 Å². The smallest absolute Gasteiger partial charge is 0.271 e. The van der Waals surface area contributed by atoms with Crippen molar-refractivity contribution in [1.82, 2.24) is 10.3 Å². The van der Waals surface area contributed by atoms with Gasteiger partial charge >= 0.3 is 0 Å². The summed E-state index contributed by atoms with van der Waals surface area (Å²) in [5.41, 5.74) is 3.25. The average molecular weight is 268 g/mol. The molecule has 0 saturated heterocycles. The molecule has 4 heteroatoms. The quantitative estimate of drug-likeness (QED) is 0.792. The monoisotopic (exact) mass is 268 g/mol. The van der Waals surface area contributed by atoms with E-state index < -0.39 is 0 Å². The number of fused-ring (bicyclic) bond motifs is 1. The van der Waals surface area contributed by atoms with Gasteiger partial charge in [-0.25, -0.2) is 4.98 Å². The van der Waals surface area contributed by atoms with Gasteiger partial charge in [-0.3, -0.25) is 4.79 Å². The Balaban J connectivity index is 1.81. The molecule has 3 nitrogen and oxygen atoms in total. The number of aromatic nitrogens is 1. The van der Waals surface area contributed by atoms with E-state index in [0.29, 0.717) is 12.2 Å². The number of benzene rings is 2. The molecule has 94 valence electrons. The van der Waals surface area contributed by atoms with Crippen LogP contribution >= 0.6 is 11.3 Å². The highest BCUT2D eigenvalue weighted by Gasteiger charge is 2.07. The van der Waals surface area contributed by atoms with E-state index in [2.05, 4.69) is 28.5 Å². The van der Waals surface area contributed by atoms with Crippen molar-refractivity contribution in [3.63, 3.8) is 0 Å². The normalized spacial score (nSPS) is 10.5. The summed E-state index contributed by atoms with van der Waals surface area (Å²) < 4.78 is 0. The van der Waals surface area contributed by atoms with Crippen LogP contribution in [0.25, 0.3) is 10.8 Å². The van der Waals surface area contributed by atoms with Crippen LogP contribution in [0.3, 0.4) is 0 Å². The zero-order chi connectivity index (χ0) is 13.1. The molecule has 0 unspecified atom stereocenters. The number of rotatable bonds is 3. The molecule has 0 spiro atoms. The van der Waals surface area contributed by atoms with Gasteiger partial charge in [-0.15, -0.1) is 11.3 Å². The fourth-order valence-electron chi connectivity index (χ4n) is 2.04. The van der Waals surface area contributed by atoms with E-state index >= 15 is 0 Å². The Morgan fingerprint density at radius 1 is 1.16 bits per heavy atom. The first-order valence-electron chi connectivity index (χ1n) is 5.97. The second-order valence-electron chi connectivity index (χ2n) is 4.19. The summed E-state index contributed by atoms with van der Waals surface area (Å²) in [6.07, 6.45) is 0. The molecule has 0 aliphatic rings. The molecule has 1 amide bonds. The fourth-order valence-corrected chi connectivity index (χ4v) is 2.57. The number of hydrogen-bond donors (Lipinski definition) is 1. The third kappa shape index (κ3) is 2.48. The largest absolute Gasteiger partial charge is 0.347 e. The van der Waals surface area contributed by atoms with Gasteiger partial charge in [0.15, 0.2) is 0 Å². The molecule has 0 bridgehead atoms. The molecular weight excluding hydrogens is 256 g/mol. The van der Waals surface area contributed by atoms with Crippen LogP contribution in [-0.4, -0.2) is 10.9 Å². The van der Waals surface area contributed by atoms with Crippen molar-refractivity contribution < 1.29 is 4.79 Å². The molecule has 0 fully saturated rings. The van der Waals surface area contributed by atoms with Gasteiger partial charge in [-0.2, -0.15) is 0 Å². The number of amides is 1. The lowest BCUT2D eigenvalue weighted by atomic mass is 10.0. The number of nitrogens with one attached hydrogen (secondary N) is 1. The molecule has 3 rings (SSSR count). The molecule has 2 aromatic carbocycles. The van der Waals surface area contributed by atoms with Crippen LogP contribution in [0.4, 0.5) is 0 Å². The molecule has 1 heterocycles. The molecule has 0 aliphatic heterocycles. The van der Waals surface area contributed by atoms with Gasteiger partial charge in [0.25, 0.3) is 5.91 Å². The minimum absolute atomic E-state index is 0.130. The minimum Gasteiger partial charge on any atom is -0.347 e. The Bertz CT molecular complexity index is 702. The number of carbonyl (C=O) groups excluding carboxylic acids is 1. The van der Waals surface area contributed by atoms with Crippen molar-refractivity contribution in [2.45, 2.75) is 6.54 Å². The van der Waals surface area contributed by atoms with Crippen molar-refractivity contribution in [2.75, 3.05) is 0 Å². The van der Waals surface area contributed by atoms with Crippen molar-refractivity contribution in [1.29, 1.82) is 0 Å². The average Bonchev–Trinajstić information content (AvgIpc) is 2.99. The van der Waals surface area contributed by atoms with Gasteiger partial charge in [0.2, 0.25) is 0 Å². The second-order valence-corrected chi connectivity index (χ2v) is 4.91. The zero-order valence-corrected chi connectivity index (χ0v) is 11.0. The summed E-state index contributed by atoms with van der Waals surface area (Å²) >= 11 is 1.42. The highest BCUT2D eigenvalue weighted by Crippen LogP contribution is 2.18. The van der Waals surface area contributed by atoms with E-state index in [1.165, 1.54) is 22.1 Å². The lowest BCUT2D eigenvalue weighted by Gasteiger charge is -2.07. The molecule has 0 aliphatic carbocycles. The zero-order valence-electron chi connectivity index (χ0n) is 10.2. The summed E-state index contributed by atoms with van der Waals surface area (Å²) in [5, 5.41) is 7.00. The maximum absolute atomic E-state index is 11.8. The lowest BCUT2D eigenvalue weighted by Crippen LogP contribution is -2.23. The maximum atomic E-state index is 11.8. The molecule has 3 aromatic rings. The number of thiazole rings is 1. The third-order valence-electron chi connectivity index (χ3n) is 2.98. The number of carbonyl (C=O) groups is 1. The molecule has 0 saturated carbocycles. The molecule has 1 N–H and O–H groups in total. The summed E-state index contributed by atoms with van der Waals surface area (Å²) in [6, 6.07) is 14.3. The standard InChI is InChI=1S/C15H12N2OS/c18-15(14-9-19-10-17-14)16-8-12-6-3-5-11-4-1-2-7-13(11)12/h1-7,9-10H,8H2,(H,16,18). The van der Waals surface area contributed by atoms with Gasteiger partial charge in [0.05, 0.1) is 5.51 Å². The molecule has 1 aromatic heterocycles. The first-order valence-corrected chi connectivity index (χ1v) is 6.92. The number of nitrogens with zero attached hydrogens (tertiary/aromatic N) is 1. The second kappa shape index (κ2) is 5.20. The first kappa shape index (κ1) is 11.9. The van der Waals surface area contributed by atoms with Gasteiger partial charge in [0.1, 0.15) is 5.69 Å². The molecule has 0 atom stereocenters. The van der Waals surface area contributed by atoms with Crippen molar-refractivity contribution in [3.8, 4) is 0 Å². The van der Waals surface area contributed by atoms with Crippen LogP contribution in [0.5, 0.6) is 0 Å².